The third kappa shape index (κ3) is 4.05. The van der Waals surface area contributed by atoms with Crippen LogP contribution in [-0.2, 0) is 29.2 Å². The maximum Gasteiger partial charge on any atom is 0.293 e. The third-order valence-electron chi connectivity index (χ3n) is 7.77. The first kappa shape index (κ1) is 23.6. The highest BCUT2D eigenvalue weighted by Gasteiger charge is 2.31. The number of rotatable bonds is 8. The quantitative estimate of drug-likeness (QED) is 0.282. The van der Waals surface area contributed by atoms with E-state index in [-0.39, 0.29) is 24.5 Å². The Balaban J connectivity index is 1.51. The van der Waals surface area contributed by atoms with Gasteiger partial charge in [-0.05, 0) is 43.0 Å². The second-order valence-electron chi connectivity index (χ2n) is 9.90. The Morgan fingerprint density at radius 2 is 1.97 bits per heavy atom. The number of pyridine rings is 2. The van der Waals surface area contributed by atoms with Gasteiger partial charge in [0, 0.05) is 29.6 Å². The Hall–Kier alpha value is -3.79. The van der Waals surface area contributed by atoms with Crippen molar-refractivity contribution in [3.05, 3.63) is 55.7 Å². The summed E-state index contributed by atoms with van der Waals surface area (Å²) in [6.07, 6.45) is 6.03. The minimum absolute atomic E-state index is 0.171. The highest BCUT2D eigenvalue weighted by molar-refractivity contribution is 5.90. The molecule has 1 aliphatic carbocycles. The average Bonchev–Trinajstić information content (AvgIpc) is 3.53. The Morgan fingerprint density at radius 3 is 2.73 bits per heavy atom. The molecular formula is C27H28N4O6. The van der Waals surface area contributed by atoms with Crippen molar-refractivity contribution >= 4 is 17.4 Å². The number of carbonyl (C=O) groups is 1. The molecule has 1 aromatic carbocycles. The van der Waals surface area contributed by atoms with Crippen molar-refractivity contribution < 1.29 is 19.0 Å². The molecule has 192 valence electrons. The van der Waals surface area contributed by atoms with Gasteiger partial charge in [0.25, 0.3) is 12.0 Å². The monoisotopic (exact) mass is 504 g/mol. The van der Waals surface area contributed by atoms with E-state index < -0.39 is 6.04 Å². The first-order valence-electron chi connectivity index (χ1n) is 12.7. The molecule has 6 rings (SSSR count). The van der Waals surface area contributed by atoms with Crippen molar-refractivity contribution in [2.75, 3.05) is 6.79 Å². The summed E-state index contributed by atoms with van der Waals surface area (Å²) in [7, 11) is 0. The average molecular weight is 505 g/mol. The Morgan fingerprint density at radius 1 is 1.19 bits per heavy atom. The second-order valence-corrected chi connectivity index (χ2v) is 9.90. The zero-order valence-electron chi connectivity index (χ0n) is 20.6. The molecule has 0 saturated heterocycles. The van der Waals surface area contributed by atoms with Crippen LogP contribution in [-0.4, -0.2) is 28.9 Å². The van der Waals surface area contributed by atoms with E-state index >= 15 is 0 Å². The largest absolute Gasteiger partial charge is 0.463 e. The maximum atomic E-state index is 13.6. The summed E-state index contributed by atoms with van der Waals surface area (Å²) in [5, 5.41) is 7.84. The third-order valence-corrected chi connectivity index (χ3v) is 7.77. The highest BCUT2D eigenvalue weighted by atomic mass is 16.7. The Bertz CT molecular complexity index is 1460. The topological polar surface area (TPSA) is 121 Å². The summed E-state index contributed by atoms with van der Waals surface area (Å²) < 4.78 is 17.8. The molecule has 1 atom stereocenters. The fraction of sp³-hybridized carbons (Fsp3) is 0.444. The van der Waals surface area contributed by atoms with Gasteiger partial charge in [0.15, 0.2) is 11.5 Å². The lowest BCUT2D eigenvalue weighted by molar-refractivity contribution is -0.129. The van der Waals surface area contributed by atoms with Gasteiger partial charge in [-0.15, -0.1) is 0 Å². The molecule has 2 aromatic heterocycles. The van der Waals surface area contributed by atoms with Crippen molar-refractivity contribution in [3.8, 4) is 22.9 Å². The molecule has 1 N–H and O–H groups in total. The zero-order valence-corrected chi connectivity index (χ0v) is 20.6. The highest BCUT2D eigenvalue weighted by Crippen LogP contribution is 2.42. The number of hydrogen-bond acceptors (Lipinski definition) is 9. The summed E-state index contributed by atoms with van der Waals surface area (Å²) in [6.45, 7) is 2.83. The predicted molar refractivity (Wildman–Crippen MR) is 135 cm³/mol. The molecule has 0 amide bonds. The minimum Gasteiger partial charge on any atom is -0.463 e. The number of nitrogens with one attached hydrogen (secondary N) is 1. The van der Waals surface area contributed by atoms with E-state index in [0.29, 0.717) is 54.1 Å². The van der Waals surface area contributed by atoms with E-state index in [1.54, 1.807) is 17.6 Å². The van der Waals surface area contributed by atoms with Crippen LogP contribution in [0.5, 0.6) is 11.5 Å². The molecule has 4 heterocycles. The number of hydrogen-bond donors (Lipinski definition) is 1. The molecule has 1 fully saturated rings. The molecule has 3 aromatic rings. The molecule has 0 radical (unpaired) electrons. The number of nitrogens with zero attached hydrogens (tertiary/aromatic N) is 3. The van der Waals surface area contributed by atoms with Gasteiger partial charge >= 0.3 is 0 Å². The summed E-state index contributed by atoms with van der Waals surface area (Å²) in [5.74, 6) is 1.32. The minimum atomic E-state index is -0.783. The number of fused-ring (bicyclic) bond motifs is 5. The van der Waals surface area contributed by atoms with Gasteiger partial charge in [0.2, 0.25) is 6.79 Å². The Labute approximate surface area is 212 Å². The summed E-state index contributed by atoms with van der Waals surface area (Å²) in [4.78, 5) is 40.9. The fourth-order valence-electron chi connectivity index (χ4n) is 5.81. The molecule has 1 saturated carbocycles. The van der Waals surface area contributed by atoms with Crippen molar-refractivity contribution in [1.82, 2.24) is 14.9 Å². The maximum absolute atomic E-state index is 13.6. The van der Waals surface area contributed by atoms with Gasteiger partial charge < -0.3 is 24.1 Å². The van der Waals surface area contributed by atoms with E-state index in [9.17, 15) is 14.5 Å². The van der Waals surface area contributed by atoms with Crippen LogP contribution in [0, 0.1) is 4.91 Å². The van der Waals surface area contributed by atoms with Crippen LogP contribution in [0.15, 0.2) is 28.2 Å². The lowest BCUT2D eigenvalue weighted by Crippen LogP contribution is -2.31. The lowest BCUT2D eigenvalue weighted by atomic mass is 9.94. The Kier molecular flexibility index (Phi) is 6.11. The normalized spacial score (nSPS) is 16.9. The number of aromatic nitrogens is 2. The summed E-state index contributed by atoms with van der Waals surface area (Å²) in [5.41, 5.74) is 4.48. The van der Waals surface area contributed by atoms with E-state index in [4.69, 9.17) is 19.2 Å². The van der Waals surface area contributed by atoms with E-state index in [1.165, 1.54) is 19.3 Å². The number of benzene rings is 1. The van der Waals surface area contributed by atoms with Crippen LogP contribution >= 0.6 is 0 Å². The van der Waals surface area contributed by atoms with E-state index in [1.807, 2.05) is 12.1 Å². The molecule has 10 nitrogen and oxygen atoms in total. The van der Waals surface area contributed by atoms with Crippen LogP contribution in [0.25, 0.3) is 22.3 Å². The number of ether oxygens (including phenoxy) is 3. The summed E-state index contributed by atoms with van der Waals surface area (Å²) in [6, 6.07) is 5.31. The predicted octanol–water partition coefficient (Wildman–Crippen LogP) is 4.08. The molecule has 10 heteroatoms. The molecule has 0 bridgehead atoms. The van der Waals surface area contributed by atoms with Gasteiger partial charge in [0.05, 0.1) is 29.0 Å². The molecule has 1 unspecified atom stereocenters. The second kappa shape index (κ2) is 9.59. The molecule has 2 aliphatic heterocycles. The number of nitroso groups, excluding NO2 is 1. The van der Waals surface area contributed by atoms with Crippen LogP contribution in [0.4, 0.5) is 0 Å². The molecule has 37 heavy (non-hydrogen) atoms. The lowest BCUT2D eigenvalue weighted by Gasteiger charge is -2.24. The standard InChI is InChI=1S/C27H28N4O6/c1-15(30-34)17-7-23-26-20(11-31(23)27(33)21(17)12-35-13-32)19(10-28-16-5-3-2-4-6-16)18-8-24-25(37-14-36-24)9-22(18)29-26/h7-9,13,15-16,28H,2-6,10-12,14H2,1H3. The summed E-state index contributed by atoms with van der Waals surface area (Å²) >= 11 is 0. The molecule has 3 aliphatic rings. The van der Waals surface area contributed by atoms with Gasteiger partial charge in [-0.1, -0.05) is 24.4 Å². The van der Waals surface area contributed by atoms with Crippen molar-refractivity contribution in [1.29, 1.82) is 0 Å². The van der Waals surface area contributed by atoms with Crippen LogP contribution in [0.1, 0.15) is 67.3 Å². The van der Waals surface area contributed by atoms with Crippen molar-refractivity contribution in [2.24, 2.45) is 5.18 Å². The van der Waals surface area contributed by atoms with E-state index in [2.05, 4.69) is 10.5 Å². The van der Waals surface area contributed by atoms with Gasteiger partial charge in [-0.25, -0.2) is 4.98 Å². The first-order valence-corrected chi connectivity index (χ1v) is 12.7. The van der Waals surface area contributed by atoms with Crippen LogP contribution < -0.4 is 20.3 Å². The zero-order chi connectivity index (χ0) is 25.5. The van der Waals surface area contributed by atoms with Gasteiger partial charge in [-0.2, -0.15) is 4.91 Å². The van der Waals surface area contributed by atoms with Crippen molar-refractivity contribution in [2.45, 2.75) is 70.8 Å². The SMILES string of the molecule is CC(N=O)c1cc2n(c(=O)c1COC=O)Cc1c-2nc2cc3c(cc2c1CNC1CCCCC1)OCO3. The molecular weight excluding hydrogens is 476 g/mol. The van der Waals surface area contributed by atoms with E-state index in [0.717, 1.165) is 34.9 Å². The first-order chi connectivity index (χ1) is 18.1. The smallest absolute Gasteiger partial charge is 0.293 e. The van der Waals surface area contributed by atoms with Crippen LogP contribution in [0.2, 0.25) is 0 Å². The molecule has 0 spiro atoms. The van der Waals surface area contributed by atoms with Gasteiger partial charge in [-0.3, -0.25) is 9.59 Å². The fourth-order valence-corrected chi connectivity index (χ4v) is 5.81. The van der Waals surface area contributed by atoms with Crippen molar-refractivity contribution in [3.63, 3.8) is 0 Å². The number of carbonyl (C=O) groups excluding carboxylic acids is 1. The van der Waals surface area contributed by atoms with Crippen LogP contribution in [0.3, 0.4) is 0 Å². The van der Waals surface area contributed by atoms with Gasteiger partial charge in [0.1, 0.15) is 12.6 Å².